The van der Waals surface area contributed by atoms with Crippen molar-refractivity contribution in [2.75, 3.05) is 0 Å². The zero-order valence-corrected chi connectivity index (χ0v) is 24.8. The van der Waals surface area contributed by atoms with Crippen molar-refractivity contribution >= 4 is 51.6 Å². The number of hydrogen-bond acceptors (Lipinski definition) is 2. The number of fused-ring (bicyclic) bond motifs is 5. The maximum Gasteiger partial charge on any atom is 0.179 e. The van der Waals surface area contributed by atoms with Gasteiger partial charge in [-0.1, -0.05) is 151 Å². The smallest absolute Gasteiger partial charge is 0.179 e. The number of para-hydroxylation sites is 2. The molecule has 8 rings (SSSR count). The number of benzene rings is 6. The summed E-state index contributed by atoms with van der Waals surface area (Å²) < 4.78 is 2.34. The Morgan fingerprint density at radius 1 is 0.524 bits per heavy atom. The van der Waals surface area contributed by atoms with Gasteiger partial charge in [0.05, 0.1) is 16.7 Å². The first-order valence-corrected chi connectivity index (χ1v) is 17.3. The number of aromatic nitrogens is 2. The van der Waals surface area contributed by atoms with Gasteiger partial charge in [-0.15, -0.1) is 0 Å². The van der Waals surface area contributed by atoms with E-state index in [0.717, 1.165) is 21.9 Å². The topological polar surface area (TPSA) is 17.8 Å². The van der Waals surface area contributed by atoms with E-state index in [0.29, 0.717) is 0 Å². The molecule has 0 bridgehead atoms. The fourth-order valence-corrected chi connectivity index (χ4v) is 12.4. The van der Waals surface area contributed by atoms with Gasteiger partial charge in [-0.25, -0.2) is 4.98 Å². The Bertz CT molecular complexity index is 1940. The molecule has 42 heavy (non-hydrogen) atoms. The van der Waals surface area contributed by atoms with Crippen LogP contribution in [0.5, 0.6) is 0 Å². The van der Waals surface area contributed by atoms with Gasteiger partial charge in [0, 0.05) is 5.75 Å². The molecule has 7 aromatic rings. The molecule has 1 aliphatic heterocycles. The van der Waals surface area contributed by atoms with Crippen molar-refractivity contribution < 1.29 is 0 Å². The maximum atomic E-state index is 4.93. The van der Waals surface area contributed by atoms with Crippen molar-refractivity contribution in [1.82, 2.24) is 9.55 Å². The van der Waals surface area contributed by atoms with Crippen LogP contribution in [0.4, 0.5) is 0 Å². The Kier molecular flexibility index (Phi) is 6.17. The van der Waals surface area contributed by atoms with Crippen LogP contribution < -0.4 is 20.7 Å². The van der Waals surface area contributed by atoms with Gasteiger partial charge in [-0.3, -0.25) is 4.57 Å². The molecule has 4 heteroatoms. The largest absolute Gasteiger partial charge is 0.287 e. The van der Waals surface area contributed by atoms with E-state index >= 15 is 0 Å². The fraction of sp³-hybridized carbons (Fsp3) is 0.0263. The maximum absolute atomic E-state index is 4.93. The molecule has 0 saturated heterocycles. The summed E-state index contributed by atoms with van der Waals surface area (Å²) in [6.45, 7) is 0. The van der Waals surface area contributed by atoms with Crippen LogP contribution in [0.15, 0.2) is 163 Å². The lowest BCUT2D eigenvalue weighted by molar-refractivity contribution is 0.895. The van der Waals surface area contributed by atoms with Crippen molar-refractivity contribution in [3.63, 3.8) is 0 Å². The minimum absolute atomic E-state index is 0.936. The van der Waals surface area contributed by atoms with Crippen molar-refractivity contribution in [2.24, 2.45) is 0 Å². The molecular weight excluding hydrogens is 545 g/mol. The molecule has 0 unspecified atom stereocenters. The Balaban J connectivity index is 1.35. The number of thioether (sulfide) groups is 1. The van der Waals surface area contributed by atoms with E-state index in [1.54, 1.807) is 0 Å². The SMILES string of the molecule is c1ccc([Si](c2ccccc2)(c2ccccc2)c2cccc(-c3ccc4c(c3)-n3c(nc5ccccc53)SC4)c2)cc1. The van der Waals surface area contributed by atoms with E-state index in [-0.39, 0.29) is 0 Å². The standard InChI is InChI=1S/C38H28N2SSi/c1-4-14-31(15-5-1)42(32-16-6-2-7-17-32,33-18-8-3-9-19-33)34-20-12-13-28(25-34)29-23-24-30-27-41-38-39-35-21-10-11-22-36(35)40(38)37(30)26-29/h1-26H,27H2. The predicted octanol–water partition coefficient (Wildman–Crippen LogP) is 6.68. The highest BCUT2D eigenvalue weighted by Gasteiger charge is 2.41. The fourth-order valence-electron chi connectivity index (χ4n) is 6.55. The molecule has 0 amide bonds. The van der Waals surface area contributed by atoms with Crippen molar-refractivity contribution in [3.8, 4) is 16.8 Å². The van der Waals surface area contributed by atoms with Crippen LogP contribution in [-0.2, 0) is 5.75 Å². The zero-order valence-electron chi connectivity index (χ0n) is 23.0. The number of hydrogen-bond donors (Lipinski definition) is 0. The zero-order chi connectivity index (χ0) is 27.9. The quantitative estimate of drug-likeness (QED) is 0.169. The lowest BCUT2D eigenvalue weighted by Gasteiger charge is -2.34. The van der Waals surface area contributed by atoms with Crippen LogP contribution in [0, 0.1) is 0 Å². The van der Waals surface area contributed by atoms with Crippen LogP contribution in [-0.4, -0.2) is 17.6 Å². The average molecular weight is 573 g/mol. The molecule has 0 radical (unpaired) electrons. The molecule has 0 N–H and O–H groups in total. The Hall–Kier alpha value is -4.64. The summed E-state index contributed by atoms with van der Waals surface area (Å²) in [5, 5.41) is 6.61. The van der Waals surface area contributed by atoms with Gasteiger partial charge in [0.15, 0.2) is 13.2 Å². The molecule has 2 heterocycles. The summed E-state index contributed by atoms with van der Waals surface area (Å²) in [6, 6.07) is 58.1. The van der Waals surface area contributed by atoms with E-state index in [9.17, 15) is 0 Å². The molecule has 0 atom stereocenters. The first kappa shape index (κ1) is 25.1. The summed E-state index contributed by atoms with van der Waals surface area (Å²) in [6.07, 6.45) is 0. The van der Waals surface area contributed by atoms with Gasteiger partial charge in [0.25, 0.3) is 0 Å². The second kappa shape index (κ2) is 10.3. The molecule has 1 aliphatic rings. The second-order valence-electron chi connectivity index (χ2n) is 10.8. The lowest BCUT2D eigenvalue weighted by atomic mass is 10.0. The van der Waals surface area contributed by atoms with Crippen LogP contribution >= 0.6 is 11.8 Å². The molecular formula is C38H28N2SSi. The Morgan fingerprint density at radius 2 is 1.10 bits per heavy atom. The first-order chi connectivity index (χ1) is 20.8. The van der Waals surface area contributed by atoms with Crippen LogP contribution in [0.2, 0.25) is 0 Å². The van der Waals surface area contributed by atoms with E-state index in [4.69, 9.17) is 4.98 Å². The Labute approximate surface area is 251 Å². The second-order valence-corrected chi connectivity index (χ2v) is 15.5. The number of rotatable bonds is 5. The van der Waals surface area contributed by atoms with Gasteiger partial charge in [-0.2, -0.15) is 0 Å². The van der Waals surface area contributed by atoms with Crippen molar-refractivity contribution in [3.05, 3.63) is 163 Å². The number of nitrogens with zero attached hydrogens (tertiary/aromatic N) is 2. The highest BCUT2D eigenvalue weighted by Crippen LogP contribution is 2.38. The molecule has 0 aliphatic carbocycles. The van der Waals surface area contributed by atoms with Gasteiger partial charge < -0.3 is 0 Å². The molecule has 200 valence electrons. The van der Waals surface area contributed by atoms with Crippen LogP contribution in [0.25, 0.3) is 27.8 Å². The van der Waals surface area contributed by atoms with Crippen molar-refractivity contribution in [2.45, 2.75) is 10.9 Å². The molecule has 0 spiro atoms. The predicted molar refractivity (Wildman–Crippen MR) is 180 cm³/mol. The summed E-state index contributed by atoms with van der Waals surface area (Å²) >= 11 is 1.81. The van der Waals surface area contributed by atoms with Gasteiger partial charge >= 0.3 is 0 Å². The number of imidazole rings is 1. The monoisotopic (exact) mass is 572 g/mol. The minimum atomic E-state index is -2.59. The third-order valence-corrected chi connectivity index (χ3v) is 14.2. The highest BCUT2D eigenvalue weighted by molar-refractivity contribution is 7.98. The first-order valence-electron chi connectivity index (χ1n) is 14.3. The summed E-state index contributed by atoms with van der Waals surface area (Å²) in [7, 11) is -2.59. The van der Waals surface area contributed by atoms with Crippen molar-refractivity contribution in [1.29, 1.82) is 0 Å². The molecule has 1 aromatic heterocycles. The molecule has 2 nitrogen and oxygen atoms in total. The van der Waals surface area contributed by atoms with E-state index in [1.165, 1.54) is 43.1 Å². The lowest BCUT2D eigenvalue weighted by Crippen LogP contribution is -2.74. The molecule has 0 fully saturated rings. The van der Waals surface area contributed by atoms with Gasteiger partial charge in [0.1, 0.15) is 0 Å². The van der Waals surface area contributed by atoms with E-state index in [2.05, 4.69) is 162 Å². The molecule has 6 aromatic carbocycles. The third kappa shape index (κ3) is 3.98. The van der Waals surface area contributed by atoms with Crippen LogP contribution in [0.1, 0.15) is 5.56 Å². The van der Waals surface area contributed by atoms with Crippen LogP contribution in [0.3, 0.4) is 0 Å². The minimum Gasteiger partial charge on any atom is -0.287 e. The normalized spacial score (nSPS) is 12.6. The summed E-state index contributed by atoms with van der Waals surface area (Å²) in [4.78, 5) is 4.93. The highest BCUT2D eigenvalue weighted by atomic mass is 32.2. The van der Waals surface area contributed by atoms with E-state index < -0.39 is 8.07 Å². The average Bonchev–Trinajstić information content (AvgIpc) is 3.46. The summed E-state index contributed by atoms with van der Waals surface area (Å²) in [5.41, 5.74) is 7.25. The molecule has 0 saturated carbocycles. The van der Waals surface area contributed by atoms with Gasteiger partial charge in [0.2, 0.25) is 0 Å². The van der Waals surface area contributed by atoms with Gasteiger partial charge in [-0.05, 0) is 55.6 Å². The van der Waals surface area contributed by atoms with E-state index in [1.807, 2.05) is 11.8 Å². The summed E-state index contributed by atoms with van der Waals surface area (Å²) in [5.74, 6) is 0.936. The Morgan fingerprint density at radius 3 is 1.76 bits per heavy atom. The third-order valence-electron chi connectivity index (χ3n) is 8.46.